The van der Waals surface area contributed by atoms with Crippen LogP contribution in [0.1, 0.15) is 6.23 Å². The van der Waals surface area contributed by atoms with Gasteiger partial charge in [-0.05, 0) is 30.3 Å². The lowest BCUT2D eigenvalue weighted by atomic mass is 9.93. The van der Waals surface area contributed by atoms with Gasteiger partial charge in [-0.1, -0.05) is 5.92 Å². The summed E-state index contributed by atoms with van der Waals surface area (Å²) >= 11 is 0. The molecule has 0 radical (unpaired) electrons. The molecular weight excluding hydrogens is 412 g/mol. The van der Waals surface area contributed by atoms with Crippen molar-refractivity contribution in [2.75, 3.05) is 18.1 Å². The van der Waals surface area contributed by atoms with E-state index >= 15 is 0 Å². The number of nitrogens with zero attached hydrogens (tertiary/aromatic N) is 4. The maximum Gasteiger partial charge on any atom is 0.185 e. The number of ether oxygens (including phenoxy) is 2. The Kier molecular flexibility index (Phi) is 4.60. The molecule has 5 rings (SSSR count). The van der Waals surface area contributed by atoms with Crippen LogP contribution in [0.15, 0.2) is 48.9 Å². The molecule has 4 heterocycles. The minimum Gasteiger partial charge on any atom is -0.491 e. The second-order valence-corrected chi connectivity index (χ2v) is 7.55. The van der Waals surface area contributed by atoms with E-state index in [4.69, 9.17) is 27.4 Å². The van der Waals surface area contributed by atoms with Crippen molar-refractivity contribution in [3.63, 3.8) is 0 Å². The van der Waals surface area contributed by atoms with Crippen LogP contribution in [0.5, 0.6) is 5.75 Å². The first-order valence-corrected chi connectivity index (χ1v) is 9.80. The molecule has 0 saturated carbocycles. The first-order chi connectivity index (χ1) is 15.4. The summed E-state index contributed by atoms with van der Waals surface area (Å²) in [7, 11) is 0. The summed E-state index contributed by atoms with van der Waals surface area (Å²) in [5.74, 6) is 3.44. The van der Waals surface area contributed by atoms with Crippen LogP contribution in [0.25, 0.3) is 21.9 Å². The van der Waals surface area contributed by atoms with E-state index < -0.39 is 24.0 Å². The Balaban J connectivity index is 1.41. The fourth-order valence-corrected chi connectivity index (χ4v) is 3.89. The van der Waals surface area contributed by atoms with Gasteiger partial charge in [-0.2, -0.15) is 0 Å². The molecule has 0 bridgehead atoms. The number of rotatable bonds is 4. The molecule has 0 unspecified atom stereocenters. The van der Waals surface area contributed by atoms with Gasteiger partial charge < -0.3 is 35.7 Å². The van der Waals surface area contributed by atoms with Crippen molar-refractivity contribution in [3.05, 3.63) is 48.9 Å². The molecule has 4 atom stereocenters. The molecule has 32 heavy (non-hydrogen) atoms. The van der Waals surface area contributed by atoms with Gasteiger partial charge in [-0.15, -0.1) is 6.42 Å². The van der Waals surface area contributed by atoms with Gasteiger partial charge >= 0.3 is 0 Å². The number of pyridine rings is 1. The molecule has 4 aromatic rings. The molecule has 1 aliphatic rings. The van der Waals surface area contributed by atoms with Crippen molar-refractivity contribution in [1.82, 2.24) is 19.5 Å². The molecule has 1 fully saturated rings. The molecule has 0 amide bonds. The SMILES string of the molecule is C#C[C@@]1(O)[C@@H](COc2ccc3ccc(N)nc3c2)O[C@@H](n2ccc3c(N)ncnc32)[C@@H]1O. The zero-order valence-electron chi connectivity index (χ0n) is 16.8. The Hall–Kier alpha value is -3.91. The van der Waals surface area contributed by atoms with E-state index in [0.717, 1.165) is 5.39 Å². The predicted octanol–water partition coefficient (Wildman–Crippen LogP) is 0.846. The fraction of sp³-hybridized carbons (Fsp3) is 0.227. The molecule has 6 N–H and O–H groups in total. The van der Waals surface area contributed by atoms with E-state index in [1.807, 2.05) is 12.1 Å². The molecule has 162 valence electrons. The number of aliphatic hydroxyl groups excluding tert-OH is 1. The summed E-state index contributed by atoms with van der Waals surface area (Å²) in [6.07, 6.45) is 5.07. The molecule has 10 nitrogen and oxygen atoms in total. The van der Waals surface area contributed by atoms with Crippen LogP contribution >= 0.6 is 0 Å². The van der Waals surface area contributed by atoms with E-state index in [0.29, 0.717) is 33.9 Å². The highest BCUT2D eigenvalue weighted by atomic mass is 16.6. The van der Waals surface area contributed by atoms with Crippen molar-refractivity contribution in [1.29, 1.82) is 0 Å². The molecule has 1 aromatic carbocycles. The van der Waals surface area contributed by atoms with Crippen molar-refractivity contribution in [2.45, 2.75) is 24.0 Å². The Bertz CT molecular complexity index is 1370. The topological polar surface area (TPSA) is 155 Å². The van der Waals surface area contributed by atoms with Gasteiger partial charge in [0.05, 0.1) is 10.9 Å². The summed E-state index contributed by atoms with van der Waals surface area (Å²) in [5.41, 5.74) is 10.8. The molecule has 1 aliphatic heterocycles. The largest absolute Gasteiger partial charge is 0.491 e. The predicted molar refractivity (Wildman–Crippen MR) is 117 cm³/mol. The monoisotopic (exact) mass is 432 g/mol. The Morgan fingerprint density at radius 3 is 2.84 bits per heavy atom. The van der Waals surface area contributed by atoms with Gasteiger partial charge in [0.15, 0.2) is 11.8 Å². The third-order valence-electron chi connectivity index (χ3n) is 5.65. The highest BCUT2D eigenvalue weighted by molar-refractivity contribution is 5.86. The number of aromatic nitrogens is 4. The van der Waals surface area contributed by atoms with Crippen LogP contribution < -0.4 is 16.2 Å². The lowest BCUT2D eigenvalue weighted by molar-refractivity contribution is -0.0554. The number of benzene rings is 1. The fourth-order valence-electron chi connectivity index (χ4n) is 3.89. The van der Waals surface area contributed by atoms with Crippen molar-refractivity contribution >= 4 is 33.6 Å². The lowest BCUT2D eigenvalue weighted by Crippen LogP contribution is -2.48. The summed E-state index contributed by atoms with van der Waals surface area (Å²) in [6, 6.07) is 10.6. The quantitative estimate of drug-likeness (QED) is 0.343. The molecule has 0 spiro atoms. The Labute approximate surface area is 182 Å². The number of nitrogens with two attached hydrogens (primary N) is 2. The molecule has 1 saturated heterocycles. The van der Waals surface area contributed by atoms with Crippen molar-refractivity contribution in [3.8, 4) is 18.1 Å². The van der Waals surface area contributed by atoms with Gasteiger partial charge in [0.25, 0.3) is 0 Å². The van der Waals surface area contributed by atoms with Gasteiger partial charge in [-0.3, -0.25) is 0 Å². The van der Waals surface area contributed by atoms with Gasteiger partial charge in [0, 0.05) is 17.6 Å². The molecular formula is C22H20N6O4. The summed E-state index contributed by atoms with van der Waals surface area (Å²) in [6.45, 7) is -0.113. The first kappa shape index (κ1) is 20.0. The average molecular weight is 432 g/mol. The number of aliphatic hydroxyl groups is 2. The van der Waals surface area contributed by atoms with Crippen LogP contribution in [0.3, 0.4) is 0 Å². The van der Waals surface area contributed by atoms with E-state index in [1.165, 1.54) is 6.33 Å². The van der Waals surface area contributed by atoms with Crippen LogP contribution in [0, 0.1) is 12.3 Å². The summed E-state index contributed by atoms with van der Waals surface area (Å²) < 4.78 is 13.3. The highest BCUT2D eigenvalue weighted by Gasteiger charge is 2.55. The second-order valence-electron chi connectivity index (χ2n) is 7.55. The number of hydrogen-bond acceptors (Lipinski definition) is 9. The number of anilines is 2. The Morgan fingerprint density at radius 2 is 2.03 bits per heavy atom. The minimum atomic E-state index is -1.99. The van der Waals surface area contributed by atoms with Crippen LogP contribution in [0.2, 0.25) is 0 Å². The van der Waals surface area contributed by atoms with E-state index in [1.54, 1.807) is 35.0 Å². The molecule has 10 heteroatoms. The van der Waals surface area contributed by atoms with Crippen LogP contribution in [-0.4, -0.2) is 54.1 Å². The highest BCUT2D eigenvalue weighted by Crippen LogP contribution is 2.39. The van der Waals surface area contributed by atoms with E-state index in [9.17, 15) is 10.2 Å². The van der Waals surface area contributed by atoms with Gasteiger partial charge in [0.1, 0.15) is 48.2 Å². The Morgan fingerprint density at radius 1 is 1.22 bits per heavy atom. The number of fused-ring (bicyclic) bond motifs is 2. The lowest BCUT2D eigenvalue weighted by Gasteiger charge is -2.25. The maximum atomic E-state index is 11.0. The second kappa shape index (κ2) is 7.35. The third-order valence-corrected chi connectivity index (χ3v) is 5.65. The zero-order valence-corrected chi connectivity index (χ0v) is 16.8. The standard InChI is InChI=1S/C22H20N6O4/c1-2-22(30)16(10-31-13-5-3-12-4-6-17(23)27-15(12)9-13)32-21(18(22)29)28-8-7-14-19(24)25-11-26-20(14)28/h1,3-9,11,16,18,21,29-30H,10H2,(H2,23,27)(H2,24,25,26)/t16-,18+,21-,22-/m1/s1. The van der Waals surface area contributed by atoms with Gasteiger partial charge in [-0.25, -0.2) is 15.0 Å². The molecule has 0 aliphatic carbocycles. The zero-order chi connectivity index (χ0) is 22.5. The number of terminal acetylenes is 1. The average Bonchev–Trinajstić information content (AvgIpc) is 3.32. The van der Waals surface area contributed by atoms with Gasteiger partial charge in [0.2, 0.25) is 0 Å². The van der Waals surface area contributed by atoms with Crippen molar-refractivity contribution < 1.29 is 19.7 Å². The molecule has 3 aromatic heterocycles. The maximum absolute atomic E-state index is 11.0. The van der Waals surface area contributed by atoms with Crippen LogP contribution in [-0.2, 0) is 4.74 Å². The van der Waals surface area contributed by atoms with Crippen LogP contribution in [0.4, 0.5) is 11.6 Å². The summed E-state index contributed by atoms with van der Waals surface area (Å²) in [5, 5.41) is 23.4. The summed E-state index contributed by atoms with van der Waals surface area (Å²) in [4.78, 5) is 12.4. The smallest absolute Gasteiger partial charge is 0.185 e. The van der Waals surface area contributed by atoms with E-state index in [-0.39, 0.29) is 6.61 Å². The first-order valence-electron chi connectivity index (χ1n) is 9.80. The van der Waals surface area contributed by atoms with E-state index in [2.05, 4.69) is 20.9 Å². The minimum absolute atomic E-state index is 0.113. The third kappa shape index (κ3) is 3.07. The normalized spacial score (nSPS) is 25.2. The number of nitrogen functional groups attached to an aromatic ring is 2. The number of hydrogen-bond donors (Lipinski definition) is 4. The van der Waals surface area contributed by atoms with Crippen molar-refractivity contribution in [2.24, 2.45) is 0 Å².